The fraction of sp³-hybridized carbons (Fsp3) is 0.321. The maximum Gasteiger partial charge on any atom is 0.155 e. The Kier molecular flexibility index (Phi) is 4.36. The first-order valence-electron chi connectivity index (χ1n) is 12.4. The van der Waals surface area contributed by atoms with Crippen LogP contribution in [0.5, 0.6) is 0 Å². The van der Waals surface area contributed by atoms with Crippen molar-refractivity contribution in [3.8, 4) is 11.3 Å². The minimum Gasteiger partial charge on any atom is -0.355 e. The number of pyridine rings is 1. The summed E-state index contributed by atoms with van der Waals surface area (Å²) in [5.41, 5.74) is 14.7. The number of nitrogens with zero attached hydrogens (tertiary/aromatic N) is 6. The van der Waals surface area contributed by atoms with Gasteiger partial charge in [-0.1, -0.05) is 18.2 Å². The standard InChI is InChI=1S/C28H29N7/c1-18-25(20-6-5-19-8-13-33(2)24(19)16-20)35-23(7-12-31-35)27(32-18)34-14-9-28(10-15-34)17-22-21(26(28)29)4-3-11-30-22/h3-8,11-13,16,26H,9-10,14-15,17,29H2,1-2H3/t26-/m1/s1. The monoisotopic (exact) mass is 463 g/mol. The molecule has 0 amide bonds. The van der Waals surface area contributed by atoms with E-state index < -0.39 is 0 Å². The minimum absolute atomic E-state index is 0.0628. The maximum atomic E-state index is 6.77. The first-order valence-corrected chi connectivity index (χ1v) is 12.4. The van der Waals surface area contributed by atoms with Gasteiger partial charge in [0.05, 0.1) is 17.6 Å². The van der Waals surface area contributed by atoms with Crippen LogP contribution in [0.4, 0.5) is 5.82 Å². The van der Waals surface area contributed by atoms with E-state index in [1.807, 2.05) is 18.5 Å². The molecule has 1 aliphatic carbocycles. The predicted octanol–water partition coefficient (Wildman–Crippen LogP) is 4.43. The van der Waals surface area contributed by atoms with Crippen LogP contribution in [-0.2, 0) is 13.5 Å². The fourth-order valence-electron chi connectivity index (χ4n) is 6.35. The van der Waals surface area contributed by atoms with Crippen LogP contribution in [0.15, 0.2) is 61.1 Å². The van der Waals surface area contributed by atoms with Gasteiger partial charge < -0.3 is 15.2 Å². The lowest BCUT2D eigenvalue weighted by atomic mass is 9.73. The molecule has 2 N–H and O–H groups in total. The lowest BCUT2D eigenvalue weighted by Gasteiger charge is -2.42. The molecular weight excluding hydrogens is 434 g/mol. The molecule has 1 aliphatic heterocycles. The molecular formula is C28H29N7. The molecule has 5 aromatic rings. The van der Waals surface area contributed by atoms with E-state index in [1.54, 1.807) is 0 Å². The Morgan fingerprint density at radius 1 is 1.03 bits per heavy atom. The lowest BCUT2D eigenvalue weighted by Crippen LogP contribution is -2.44. The van der Waals surface area contributed by atoms with E-state index in [0.29, 0.717) is 0 Å². The molecule has 1 saturated heterocycles. The van der Waals surface area contributed by atoms with E-state index in [9.17, 15) is 0 Å². The van der Waals surface area contributed by atoms with Crippen molar-refractivity contribution < 1.29 is 0 Å². The number of hydrogen-bond acceptors (Lipinski definition) is 5. The number of fused-ring (bicyclic) bond motifs is 3. The van der Waals surface area contributed by atoms with Crippen molar-refractivity contribution in [1.29, 1.82) is 0 Å². The third-order valence-corrected chi connectivity index (χ3v) is 8.36. The summed E-state index contributed by atoms with van der Waals surface area (Å²) in [7, 11) is 2.08. The van der Waals surface area contributed by atoms with Gasteiger partial charge in [0.1, 0.15) is 5.52 Å². The number of benzene rings is 1. The molecule has 2 aliphatic rings. The number of aromatic nitrogens is 5. The molecule has 4 aromatic heterocycles. The molecule has 1 aromatic carbocycles. The third kappa shape index (κ3) is 2.97. The molecule has 7 rings (SSSR count). The van der Waals surface area contributed by atoms with E-state index in [0.717, 1.165) is 60.6 Å². The first kappa shape index (κ1) is 20.6. The van der Waals surface area contributed by atoms with Crippen LogP contribution >= 0.6 is 0 Å². The molecule has 1 atom stereocenters. The van der Waals surface area contributed by atoms with Crippen LogP contribution in [0, 0.1) is 12.3 Å². The Hall–Kier alpha value is -3.71. The Morgan fingerprint density at radius 3 is 2.71 bits per heavy atom. The highest BCUT2D eigenvalue weighted by Gasteiger charge is 2.46. The second-order valence-electron chi connectivity index (χ2n) is 10.2. The minimum atomic E-state index is 0.0628. The van der Waals surface area contributed by atoms with E-state index in [4.69, 9.17) is 15.8 Å². The van der Waals surface area contributed by atoms with Gasteiger partial charge in [-0.05, 0) is 66.8 Å². The molecule has 0 saturated carbocycles. The second kappa shape index (κ2) is 7.39. The van der Waals surface area contributed by atoms with Gasteiger partial charge in [-0.2, -0.15) is 5.10 Å². The summed E-state index contributed by atoms with van der Waals surface area (Å²) in [5, 5.41) is 5.96. The second-order valence-corrected chi connectivity index (χ2v) is 10.2. The number of nitrogens with two attached hydrogens (primary N) is 1. The number of piperidine rings is 1. The van der Waals surface area contributed by atoms with Gasteiger partial charge in [-0.3, -0.25) is 4.98 Å². The highest BCUT2D eigenvalue weighted by Crippen LogP contribution is 2.50. The van der Waals surface area contributed by atoms with Gasteiger partial charge in [0.15, 0.2) is 5.82 Å². The van der Waals surface area contributed by atoms with Crippen LogP contribution in [-0.4, -0.2) is 37.2 Å². The molecule has 1 fully saturated rings. The molecule has 1 spiro atoms. The Bertz CT molecular complexity index is 1590. The zero-order valence-electron chi connectivity index (χ0n) is 20.1. The summed E-state index contributed by atoms with van der Waals surface area (Å²) in [6.45, 7) is 3.96. The van der Waals surface area contributed by atoms with Crippen LogP contribution in [0.1, 0.15) is 35.8 Å². The largest absolute Gasteiger partial charge is 0.355 e. The maximum absolute atomic E-state index is 6.77. The van der Waals surface area contributed by atoms with Crippen molar-refractivity contribution in [2.24, 2.45) is 18.2 Å². The molecule has 0 radical (unpaired) electrons. The fourth-order valence-corrected chi connectivity index (χ4v) is 6.35. The van der Waals surface area contributed by atoms with Crippen LogP contribution in [0.2, 0.25) is 0 Å². The van der Waals surface area contributed by atoms with Gasteiger partial charge in [-0.15, -0.1) is 0 Å². The Balaban J connectivity index is 1.23. The summed E-state index contributed by atoms with van der Waals surface area (Å²) in [6, 6.07) is 15.0. The molecule has 176 valence electrons. The molecule has 0 bridgehead atoms. The van der Waals surface area contributed by atoms with Gasteiger partial charge in [-0.25, -0.2) is 9.50 Å². The average Bonchev–Trinajstić information content (AvgIpc) is 3.57. The third-order valence-electron chi connectivity index (χ3n) is 8.36. The quantitative estimate of drug-likeness (QED) is 0.419. The topological polar surface area (TPSA) is 77.3 Å². The van der Waals surface area contributed by atoms with E-state index in [2.05, 4.69) is 75.5 Å². The summed E-state index contributed by atoms with van der Waals surface area (Å²) >= 11 is 0. The van der Waals surface area contributed by atoms with Crippen molar-refractivity contribution in [3.63, 3.8) is 0 Å². The summed E-state index contributed by atoms with van der Waals surface area (Å²) in [4.78, 5) is 12.2. The molecule has 35 heavy (non-hydrogen) atoms. The van der Waals surface area contributed by atoms with Crippen LogP contribution < -0.4 is 10.6 Å². The molecule has 5 heterocycles. The first-order chi connectivity index (χ1) is 17.0. The SMILES string of the molecule is Cc1nc(N2CCC3(CC2)Cc2ncccc2[C@H]3N)c2ccnn2c1-c1ccc2ccn(C)c2c1. The van der Waals surface area contributed by atoms with Crippen LogP contribution in [0.25, 0.3) is 27.7 Å². The Labute approximate surface area is 204 Å². The van der Waals surface area contributed by atoms with E-state index in [-0.39, 0.29) is 11.5 Å². The highest BCUT2D eigenvalue weighted by atomic mass is 15.3. The van der Waals surface area contributed by atoms with Gasteiger partial charge in [0, 0.05) is 55.3 Å². The number of aryl methyl sites for hydroxylation is 2. The van der Waals surface area contributed by atoms with Crippen molar-refractivity contribution in [1.82, 2.24) is 24.1 Å². The van der Waals surface area contributed by atoms with Crippen molar-refractivity contribution in [2.45, 2.75) is 32.2 Å². The normalized spacial score (nSPS) is 19.2. The van der Waals surface area contributed by atoms with Crippen LogP contribution in [0.3, 0.4) is 0 Å². The average molecular weight is 464 g/mol. The molecule has 7 heteroatoms. The van der Waals surface area contributed by atoms with Crippen molar-refractivity contribution in [2.75, 3.05) is 18.0 Å². The van der Waals surface area contributed by atoms with Gasteiger partial charge in [0.25, 0.3) is 0 Å². The highest BCUT2D eigenvalue weighted by molar-refractivity contribution is 5.86. The zero-order chi connectivity index (χ0) is 23.7. The smallest absolute Gasteiger partial charge is 0.155 e. The van der Waals surface area contributed by atoms with Gasteiger partial charge in [0.2, 0.25) is 0 Å². The number of hydrogen-bond donors (Lipinski definition) is 1. The van der Waals surface area contributed by atoms with Gasteiger partial charge >= 0.3 is 0 Å². The number of anilines is 1. The zero-order valence-corrected chi connectivity index (χ0v) is 20.1. The molecule has 7 nitrogen and oxygen atoms in total. The lowest BCUT2D eigenvalue weighted by molar-refractivity contribution is 0.187. The molecule has 0 unspecified atom stereocenters. The summed E-state index contributed by atoms with van der Waals surface area (Å²) < 4.78 is 4.22. The van der Waals surface area contributed by atoms with E-state index >= 15 is 0 Å². The predicted molar refractivity (Wildman–Crippen MR) is 138 cm³/mol. The summed E-state index contributed by atoms with van der Waals surface area (Å²) in [5.74, 6) is 1.01. The van der Waals surface area contributed by atoms with Crippen molar-refractivity contribution >= 4 is 22.2 Å². The Morgan fingerprint density at radius 2 is 1.89 bits per heavy atom. The summed E-state index contributed by atoms with van der Waals surface area (Å²) in [6.07, 6.45) is 8.92. The van der Waals surface area contributed by atoms with Crippen molar-refractivity contribution in [3.05, 3.63) is 78.0 Å². The van der Waals surface area contributed by atoms with E-state index in [1.165, 1.54) is 22.2 Å². The number of rotatable bonds is 2.